The average Bonchev–Trinajstić information content (AvgIpc) is 3.56. The molecule has 1 saturated carbocycles. The number of aromatic hydroxyl groups is 1. The summed E-state index contributed by atoms with van der Waals surface area (Å²) < 4.78 is 50.7. The molecule has 2 N–H and O–H groups in total. The van der Waals surface area contributed by atoms with Crippen LogP contribution in [0.1, 0.15) is 47.2 Å². The molecule has 6 unspecified atom stereocenters. The maximum atomic E-state index is 15.4. The number of benzene rings is 4. The maximum absolute atomic E-state index is 15.4. The number of nitrogens with one attached hydrogen (secondary N) is 1. The van der Waals surface area contributed by atoms with Crippen molar-refractivity contribution in [3.05, 3.63) is 123 Å². The zero-order valence-corrected chi connectivity index (χ0v) is 32.1. The van der Waals surface area contributed by atoms with E-state index in [9.17, 15) is 37.5 Å². The van der Waals surface area contributed by atoms with Crippen molar-refractivity contribution >= 4 is 64.0 Å². The number of hydrogen-bond acceptors (Lipinski definition) is 9. The fourth-order valence-electron chi connectivity index (χ4n) is 9.25. The second-order valence-electron chi connectivity index (χ2n) is 14.6. The van der Waals surface area contributed by atoms with Crippen LogP contribution in [0, 0.1) is 23.7 Å². The van der Waals surface area contributed by atoms with Crippen molar-refractivity contribution in [3.8, 4) is 17.2 Å². The van der Waals surface area contributed by atoms with Gasteiger partial charge in [0.25, 0.3) is 11.8 Å². The number of allylic oxidation sites excluding steroid dienone is 2. The largest absolute Gasteiger partial charge is 0.573 e. The molecule has 0 spiro atoms. The number of carbonyl (C=O) groups excluding carboxylic acids is 5. The number of anilines is 2. The summed E-state index contributed by atoms with van der Waals surface area (Å²) in [6, 6.07) is 19.5. The van der Waals surface area contributed by atoms with Crippen molar-refractivity contribution in [2.45, 2.75) is 37.5 Å². The number of halogens is 5. The average molecular weight is 835 g/mol. The lowest BCUT2D eigenvalue weighted by atomic mass is 9.49. The lowest BCUT2D eigenvalue weighted by Gasteiger charge is -2.50. The highest BCUT2D eigenvalue weighted by Gasteiger charge is 2.70. The van der Waals surface area contributed by atoms with E-state index in [4.69, 9.17) is 27.9 Å². The molecule has 11 nitrogen and oxygen atoms in total. The SMILES string of the molecule is COc1ccc(C23C(=O)N(Nc4ccc(Cl)cc4Cl)C(=O)C2CC2C(=CCC4C(=O)N(c5ccc(C(C)=O)cc5)C(=O)C42)C3c2cc(OC(F)(F)F)ccc2O)cc1. The second kappa shape index (κ2) is 14.2. The molecule has 4 amide bonds. The minimum absolute atomic E-state index is 0.00699. The molecule has 0 radical (unpaired) electrons. The standard InChI is InChI=1S/C42H32Cl2F3N3O8/c1-20(51)21-3-8-24(9-4-21)49-37(53)28-14-13-27-29(35(28)39(49)55)19-31-38(54)50(48-33-15-7-23(43)17-32(33)44)40(56)41(31,22-5-10-25(57-2)11-6-22)36(27)30-18-26(12-16-34(30)52)58-42(45,46)47/h3-13,15-18,28-29,31,35-36,48,52H,14,19H2,1-2H3. The van der Waals surface area contributed by atoms with Crippen LogP contribution < -0.4 is 19.8 Å². The van der Waals surface area contributed by atoms with E-state index >= 15 is 4.79 Å². The van der Waals surface area contributed by atoms with Gasteiger partial charge >= 0.3 is 6.36 Å². The van der Waals surface area contributed by atoms with Gasteiger partial charge in [0.2, 0.25) is 11.8 Å². The third kappa shape index (κ3) is 6.16. The van der Waals surface area contributed by atoms with Gasteiger partial charge in [-0.2, -0.15) is 5.01 Å². The van der Waals surface area contributed by atoms with Crippen LogP contribution in [0.15, 0.2) is 96.6 Å². The molecule has 0 bridgehead atoms. The molecule has 298 valence electrons. The Morgan fingerprint density at radius 2 is 1.57 bits per heavy atom. The van der Waals surface area contributed by atoms with Gasteiger partial charge in [-0.3, -0.25) is 34.3 Å². The monoisotopic (exact) mass is 833 g/mol. The number of ketones is 1. The number of methoxy groups -OCH3 is 1. The smallest absolute Gasteiger partial charge is 0.508 e. The van der Waals surface area contributed by atoms with Gasteiger partial charge in [-0.25, -0.2) is 0 Å². The summed E-state index contributed by atoms with van der Waals surface area (Å²) >= 11 is 12.6. The van der Waals surface area contributed by atoms with Crippen LogP contribution in [0.3, 0.4) is 0 Å². The van der Waals surface area contributed by atoms with Gasteiger partial charge < -0.3 is 14.6 Å². The third-order valence-electron chi connectivity index (χ3n) is 11.7. The Kier molecular flexibility index (Phi) is 9.55. The summed E-state index contributed by atoms with van der Waals surface area (Å²) in [5, 5.41) is 12.7. The molecule has 2 aliphatic carbocycles. The first-order valence-electron chi connectivity index (χ1n) is 18.1. The lowest BCUT2D eigenvalue weighted by molar-refractivity contribution is -0.274. The van der Waals surface area contributed by atoms with Gasteiger partial charge in [0.15, 0.2) is 5.78 Å². The Labute approximate surface area is 338 Å². The number of phenolic OH excluding ortho intramolecular Hbond substituents is 1. The Bertz CT molecular complexity index is 2440. The Hall–Kier alpha value is -5.86. The summed E-state index contributed by atoms with van der Waals surface area (Å²) in [6.07, 6.45) is -3.60. The highest BCUT2D eigenvalue weighted by molar-refractivity contribution is 6.36. The number of nitrogens with zero attached hydrogens (tertiary/aromatic N) is 2. The number of rotatable bonds is 8. The minimum atomic E-state index is -5.13. The maximum Gasteiger partial charge on any atom is 0.573 e. The van der Waals surface area contributed by atoms with Crippen LogP contribution >= 0.6 is 23.2 Å². The number of amides is 4. The molecule has 6 atom stereocenters. The highest BCUT2D eigenvalue weighted by Crippen LogP contribution is 2.65. The molecular formula is C42H32Cl2F3N3O8. The Balaban J connectivity index is 1.34. The summed E-state index contributed by atoms with van der Waals surface area (Å²) in [7, 11) is 1.43. The minimum Gasteiger partial charge on any atom is -0.508 e. The molecule has 4 aromatic carbocycles. The van der Waals surface area contributed by atoms with E-state index in [-0.39, 0.29) is 51.2 Å². The molecule has 4 aromatic rings. The zero-order chi connectivity index (χ0) is 41.4. The van der Waals surface area contributed by atoms with E-state index in [1.54, 1.807) is 30.3 Å². The van der Waals surface area contributed by atoms with Gasteiger partial charge in [-0.05, 0) is 104 Å². The van der Waals surface area contributed by atoms with E-state index in [0.717, 1.165) is 28.1 Å². The topological polar surface area (TPSA) is 143 Å². The van der Waals surface area contributed by atoms with Crippen molar-refractivity contribution in [2.75, 3.05) is 17.4 Å². The summed E-state index contributed by atoms with van der Waals surface area (Å²) in [5.74, 6) is -9.31. The molecule has 4 aliphatic rings. The van der Waals surface area contributed by atoms with E-state index in [2.05, 4.69) is 10.2 Å². The van der Waals surface area contributed by atoms with E-state index in [1.807, 2.05) is 0 Å². The normalized spacial score (nSPS) is 25.2. The van der Waals surface area contributed by atoms with Crippen LogP contribution in [-0.2, 0) is 24.6 Å². The third-order valence-corrected chi connectivity index (χ3v) is 12.2. The second-order valence-corrected chi connectivity index (χ2v) is 15.4. The number of fused-ring (bicyclic) bond motifs is 4. The zero-order valence-electron chi connectivity index (χ0n) is 30.6. The quantitative estimate of drug-likeness (QED) is 0.103. The van der Waals surface area contributed by atoms with Crippen molar-refractivity contribution in [1.29, 1.82) is 0 Å². The number of Topliss-reactive ketones (excluding diaryl/α,β-unsaturated/α-hetero) is 1. The van der Waals surface area contributed by atoms with Crippen LogP contribution in [0.4, 0.5) is 24.5 Å². The first kappa shape index (κ1) is 39.0. The molecule has 58 heavy (non-hydrogen) atoms. The van der Waals surface area contributed by atoms with Crippen molar-refractivity contribution in [2.24, 2.45) is 23.7 Å². The molecule has 3 fully saturated rings. The van der Waals surface area contributed by atoms with Gasteiger partial charge in [-0.15, -0.1) is 13.2 Å². The molecule has 2 heterocycles. The van der Waals surface area contributed by atoms with Crippen molar-refractivity contribution < 1.29 is 51.7 Å². The Morgan fingerprint density at radius 3 is 2.21 bits per heavy atom. The van der Waals surface area contributed by atoms with Gasteiger partial charge in [0, 0.05) is 22.1 Å². The molecular weight excluding hydrogens is 802 g/mol. The fourth-order valence-corrected chi connectivity index (χ4v) is 9.70. The summed E-state index contributed by atoms with van der Waals surface area (Å²) in [6.45, 7) is 1.38. The first-order chi connectivity index (χ1) is 27.5. The van der Waals surface area contributed by atoms with Crippen molar-refractivity contribution in [1.82, 2.24) is 5.01 Å². The van der Waals surface area contributed by atoms with Gasteiger partial charge in [0.1, 0.15) is 17.2 Å². The molecule has 2 aliphatic heterocycles. The van der Waals surface area contributed by atoms with E-state index in [0.29, 0.717) is 16.9 Å². The van der Waals surface area contributed by atoms with Crippen LogP contribution in [0.5, 0.6) is 17.2 Å². The van der Waals surface area contributed by atoms with Crippen LogP contribution in [0.25, 0.3) is 0 Å². The summed E-state index contributed by atoms with van der Waals surface area (Å²) in [4.78, 5) is 72.1. The van der Waals surface area contributed by atoms with Gasteiger partial charge in [-0.1, -0.05) is 47.0 Å². The predicted octanol–water partition coefficient (Wildman–Crippen LogP) is 8.00. The van der Waals surface area contributed by atoms with Gasteiger partial charge in [0.05, 0.1) is 46.7 Å². The van der Waals surface area contributed by atoms with E-state index in [1.165, 1.54) is 56.5 Å². The Morgan fingerprint density at radius 1 is 0.879 bits per heavy atom. The fraction of sp³-hybridized carbons (Fsp3) is 0.262. The molecule has 8 rings (SSSR count). The number of hydrogen-bond donors (Lipinski definition) is 2. The molecule has 16 heteroatoms. The van der Waals surface area contributed by atoms with E-state index < -0.39 is 76.5 Å². The molecule has 2 saturated heterocycles. The van der Waals surface area contributed by atoms with Crippen LogP contribution in [-0.4, -0.2) is 53.0 Å². The number of carbonyl (C=O) groups is 5. The number of ether oxygens (including phenoxy) is 2. The molecule has 0 aromatic heterocycles. The number of hydrazine groups is 1. The number of phenols is 1. The highest BCUT2D eigenvalue weighted by atomic mass is 35.5. The first-order valence-corrected chi connectivity index (χ1v) is 18.8. The van der Waals surface area contributed by atoms with Crippen LogP contribution in [0.2, 0.25) is 10.0 Å². The summed E-state index contributed by atoms with van der Waals surface area (Å²) in [5.41, 5.74) is 2.05. The number of alkyl halides is 3. The van der Waals surface area contributed by atoms with Crippen molar-refractivity contribution in [3.63, 3.8) is 0 Å². The number of imide groups is 2. The predicted molar refractivity (Wildman–Crippen MR) is 204 cm³/mol. The lowest BCUT2D eigenvalue weighted by Crippen LogP contribution is -2.53.